The van der Waals surface area contributed by atoms with E-state index in [2.05, 4.69) is 31.5 Å². The van der Waals surface area contributed by atoms with Gasteiger partial charge in [0.25, 0.3) is 0 Å². The topological polar surface area (TPSA) is 70.4 Å². The number of nitrogens with one attached hydrogen (secondary N) is 2. The van der Waals surface area contributed by atoms with E-state index in [0.717, 1.165) is 22.5 Å². The molecule has 0 spiro atoms. The Bertz CT molecular complexity index is 1490. The maximum atomic E-state index is 14.7. The second-order valence-electron chi connectivity index (χ2n) is 9.26. The smallest absolute Gasteiger partial charge is 0.226 e. The largest absolute Gasteiger partial charge is 0.459 e. The average molecular weight is 594 g/mol. The number of pyridine rings is 1. The van der Waals surface area contributed by atoms with Crippen LogP contribution in [0.5, 0.6) is 0 Å². The number of carbonyl (C=O) groups is 1. The second-order valence-corrected chi connectivity index (χ2v) is 10.6. The number of rotatable bonds is 7. The molecule has 2 N–H and O–H groups in total. The maximum Gasteiger partial charge on any atom is 0.226 e. The van der Waals surface area contributed by atoms with Gasteiger partial charge in [0, 0.05) is 29.3 Å². The molecule has 0 unspecified atom stereocenters. The molecule has 38 heavy (non-hydrogen) atoms. The van der Waals surface area contributed by atoms with Crippen molar-refractivity contribution in [3.8, 4) is 11.3 Å². The molecule has 1 aliphatic heterocycles. The van der Waals surface area contributed by atoms with Crippen molar-refractivity contribution >= 4 is 44.9 Å². The maximum absolute atomic E-state index is 14.7. The molecular formula is C29H26BrFN4O2S. The number of benzene rings is 2. The van der Waals surface area contributed by atoms with E-state index < -0.39 is 0 Å². The lowest BCUT2D eigenvalue weighted by atomic mass is 10.0. The summed E-state index contributed by atoms with van der Waals surface area (Å²) >= 11 is 8.99. The molecule has 1 saturated heterocycles. The minimum Gasteiger partial charge on any atom is -0.459 e. The van der Waals surface area contributed by atoms with Crippen LogP contribution in [0.1, 0.15) is 41.1 Å². The second kappa shape index (κ2) is 11.0. The van der Waals surface area contributed by atoms with E-state index in [1.807, 2.05) is 61.2 Å². The highest BCUT2D eigenvalue weighted by Crippen LogP contribution is 2.41. The quantitative estimate of drug-likeness (QED) is 0.228. The molecule has 1 aliphatic rings. The molecule has 5 rings (SSSR count). The Balaban J connectivity index is 1.41. The first kappa shape index (κ1) is 26.1. The summed E-state index contributed by atoms with van der Waals surface area (Å²) in [5.74, 6) is 0.510. The molecule has 4 aromatic rings. The van der Waals surface area contributed by atoms with E-state index in [4.69, 9.17) is 16.6 Å². The molecule has 2 aromatic carbocycles. The number of carbonyl (C=O) groups excluding carboxylic acids is 1. The Morgan fingerprint density at radius 3 is 2.76 bits per heavy atom. The van der Waals surface area contributed by atoms with Crippen molar-refractivity contribution in [3.63, 3.8) is 0 Å². The lowest BCUT2D eigenvalue weighted by Crippen LogP contribution is -2.32. The zero-order valence-corrected chi connectivity index (χ0v) is 23.3. The molecule has 2 aromatic heterocycles. The summed E-state index contributed by atoms with van der Waals surface area (Å²) in [6.45, 7) is 4.31. The Hall–Kier alpha value is -3.56. The average Bonchev–Trinajstić information content (AvgIpc) is 3.50. The van der Waals surface area contributed by atoms with Crippen LogP contribution in [0.3, 0.4) is 0 Å². The third kappa shape index (κ3) is 5.49. The van der Waals surface area contributed by atoms with E-state index in [1.165, 1.54) is 6.07 Å². The Morgan fingerprint density at radius 1 is 1.16 bits per heavy atom. The number of hydrogen-bond acceptors (Lipinski definition) is 4. The van der Waals surface area contributed by atoms with Crippen LogP contribution in [0.4, 0.5) is 10.1 Å². The van der Waals surface area contributed by atoms with E-state index in [0.29, 0.717) is 33.2 Å². The monoisotopic (exact) mass is 592 g/mol. The van der Waals surface area contributed by atoms with Crippen molar-refractivity contribution in [3.05, 3.63) is 106 Å². The van der Waals surface area contributed by atoms with Crippen LogP contribution in [-0.2, 0) is 4.79 Å². The molecule has 3 heterocycles. The number of hydrogen-bond donors (Lipinski definition) is 2. The lowest BCUT2D eigenvalue weighted by molar-refractivity contribution is -0.116. The highest BCUT2D eigenvalue weighted by Gasteiger charge is 2.41. The summed E-state index contributed by atoms with van der Waals surface area (Å²) in [5, 5.41) is 6.86. The lowest BCUT2D eigenvalue weighted by Gasteiger charge is -2.26. The summed E-state index contributed by atoms with van der Waals surface area (Å²) in [5.41, 5.74) is 4.02. The number of halogens is 2. The molecule has 2 atom stereocenters. The first-order valence-corrected chi connectivity index (χ1v) is 13.4. The predicted molar refractivity (Wildman–Crippen MR) is 153 cm³/mol. The summed E-state index contributed by atoms with van der Waals surface area (Å²) in [6, 6.07) is 19.4. The Morgan fingerprint density at radius 2 is 2.00 bits per heavy atom. The molecule has 0 aliphatic carbocycles. The van der Waals surface area contributed by atoms with Crippen molar-refractivity contribution in [2.45, 2.75) is 32.4 Å². The van der Waals surface area contributed by atoms with Crippen LogP contribution in [0.15, 0.2) is 81.8 Å². The summed E-state index contributed by atoms with van der Waals surface area (Å²) in [6.07, 6.45) is 1.94. The van der Waals surface area contributed by atoms with Gasteiger partial charge < -0.3 is 20.0 Å². The molecule has 9 heteroatoms. The van der Waals surface area contributed by atoms with E-state index >= 15 is 0 Å². The minimum absolute atomic E-state index is 0.112. The van der Waals surface area contributed by atoms with Gasteiger partial charge in [-0.1, -0.05) is 34.1 Å². The summed E-state index contributed by atoms with van der Waals surface area (Å²) in [7, 11) is 0. The first-order valence-electron chi connectivity index (χ1n) is 12.2. The van der Waals surface area contributed by atoms with Gasteiger partial charge in [-0.3, -0.25) is 9.78 Å². The van der Waals surface area contributed by atoms with Crippen molar-refractivity contribution < 1.29 is 13.6 Å². The Labute approximate surface area is 234 Å². The molecule has 6 nitrogen and oxygen atoms in total. The standard InChI is InChI=1S/C29H26BrFN4O2S/c1-17-6-7-18(2)23(15-17)33-26(36)12-14-35-28(27(34-29(35)38)22-5-3-4-13-32-22)25-11-10-24(37-25)20-9-8-19(30)16-21(20)31/h3-11,13,15-16,27-28H,12,14H2,1-2H3,(H,33,36)(H,34,38)/t27-,28+/m0/s1. The van der Waals surface area contributed by atoms with Crippen molar-refractivity contribution in [1.29, 1.82) is 0 Å². The van der Waals surface area contributed by atoms with Crippen LogP contribution < -0.4 is 10.6 Å². The van der Waals surface area contributed by atoms with Crippen molar-refractivity contribution in [1.82, 2.24) is 15.2 Å². The van der Waals surface area contributed by atoms with Crippen LogP contribution in [0, 0.1) is 19.7 Å². The van der Waals surface area contributed by atoms with Gasteiger partial charge in [-0.15, -0.1) is 0 Å². The van der Waals surface area contributed by atoms with Gasteiger partial charge in [-0.25, -0.2) is 4.39 Å². The predicted octanol–water partition coefficient (Wildman–Crippen LogP) is 6.86. The van der Waals surface area contributed by atoms with Crippen LogP contribution in [0.25, 0.3) is 11.3 Å². The van der Waals surface area contributed by atoms with Crippen LogP contribution >= 0.6 is 28.1 Å². The number of thiocarbonyl (C=S) groups is 1. The van der Waals surface area contributed by atoms with Crippen LogP contribution in [-0.4, -0.2) is 27.4 Å². The van der Waals surface area contributed by atoms with Gasteiger partial charge in [0.15, 0.2) is 5.11 Å². The normalized spacial score (nSPS) is 16.9. The fraction of sp³-hybridized carbons (Fsp3) is 0.207. The molecule has 0 saturated carbocycles. The van der Waals surface area contributed by atoms with E-state index in [1.54, 1.807) is 24.4 Å². The highest BCUT2D eigenvalue weighted by atomic mass is 79.9. The summed E-state index contributed by atoms with van der Waals surface area (Å²) in [4.78, 5) is 19.4. The number of aromatic nitrogens is 1. The highest BCUT2D eigenvalue weighted by molar-refractivity contribution is 9.10. The molecule has 1 fully saturated rings. The molecular weight excluding hydrogens is 567 g/mol. The summed E-state index contributed by atoms with van der Waals surface area (Å²) < 4.78 is 21.5. The molecule has 1 amide bonds. The zero-order chi connectivity index (χ0) is 26.8. The SMILES string of the molecule is Cc1ccc(C)c(NC(=O)CCN2C(=S)N[C@@H](c3ccccn3)[C@H]2c2ccc(-c3ccc(Br)cc3F)o2)c1. The number of anilines is 1. The first-order chi connectivity index (χ1) is 18.3. The van der Waals surface area contributed by atoms with Crippen LogP contribution in [0.2, 0.25) is 0 Å². The zero-order valence-electron chi connectivity index (χ0n) is 20.9. The van der Waals surface area contributed by atoms with Gasteiger partial charge in [0.05, 0.1) is 17.3 Å². The third-order valence-electron chi connectivity index (χ3n) is 6.56. The van der Waals surface area contributed by atoms with Crippen molar-refractivity contribution in [2.75, 3.05) is 11.9 Å². The van der Waals surface area contributed by atoms with E-state index in [9.17, 15) is 9.18 Å². The van der Waals surface area contributed by atoms with Gasteiger partial charge in [-0.2, -0.15) is 0 Å². The molecule has 0 bridgehead atoms. The third-order valence-corrected chi connectivity index (χ3v) is 7.41. The van der Waals surface area contributed by atoms with E-state index in [-0.39, 0.29) is 30.2 Å². The number of aryl methyl sites for hydroxylation is 2. The fourth-order valence-corrected chi connectivity index (χ4v) is 5.27. The fourth-order valence-electron chi connectivity index (χ4n) is 4.61. The number of furan rings is 1. The minimum atomic E-state index is -0.387. The van der Waals surface area contributed by atoms with Gasteiger partial charge in [0.1, 0.15) is 23.4 Å². The molecule has 194 valence electrons. The van der Waals surface area contributed by atoms with Gasteiger partial charge in [-0.05, 0) is 85.7 Å². The molecule has 0 radical (unpaired) electrons. The number of nitrogens with zero attached hydrogens (tertiary/aromatic N) is 2. The van der Waals surface area contributed by atoms with Gasteiger partial charge in [0.2, 0.25) is 5.91 Å². The van der Waals surface area contributed by atoms with Gasteiger partial charge >= 0.3 is 0 Å². The number of amides is 1. The Kier molecular flexibility index (Phi) is 7.58. The van der Waals surface area contributed by atoms with Crippen molar-refractivity contribution in [2.24, 2.45) is 0 Å².